The van der Waals surface area contributed by atoms with Gasteiger partial charge in [-0.1, -0.05) is 0 Å². The van der Waals surface area contributed by atoms with Gasteiger partial charge in [-0.2, -0.15) is 8.62 Å². The van der Waals surface area contributed by atoms with Gasteiger partial charge in [-0.15, -0.1) is 0 Å². The lowest BCUT2D eigenvalue weighted by atomic mass is 10.00. The third-order valence-corrected chi connectivity index (χ3v) is 6.30. The van der Waals surface area contributed by atoms with Crippen molar-refractivity contribution in [3.8, 4) is 0 Å². The lowest BCUT2D eigenvalue weighted by Gasteiger charge is -2.39. The van der Waals surface area contributed by atoms with Crippen molar-refractivity contribution < 1.29 is 71.6 Å². The van der Waals surface area contributed by atoms with E-state index < -0.39 is 60.8 Å². The van der Waals surface area contributed by atoms with E-state index in [4.69, 9.17) is 19.8 Å². The summed E-state index contributed by atoms with van der Waals surface area (Å²) in [4.78, 5) is 34.9. The minimum absolute atomic E-state index is 0.902. The van der Waals surface area contributed by atoms with E-state index in [0.717, 1.165) is 0 Å². The fourth-order valence-electron chi connectivity index (χ4n) is 1.58. The van der Waals surface area contributed by atoms with Crippen LogP contribution < -0.4 is 0 Å². The zero-order chi connectivity index (χ0) is 18.9. The number of phosphoric acid groups is 3. The highest BCUT2D eigenvalue weighted by atomic mass is 31.3. The molecule has 0 aromatic carbocycles. The van der Waals surface area contributed by atoms with Gasteiger partial charge in [0.25, 0.3) is 0 Å². The topological polar surface area (TPSA) is 250 Å². The van der Waals surface area contributed by atoms with Gasteiger partial charge in [-0.3, -0.25) is 4.52 Å². The highest BCUT2D eigenvalue weighted by molar-refractivity contribution is 7.66. The average molecular weight is 420 g/mol. The molecular formula is C6H15O15P3. The number of rotatable bonds is 7. The predicted molar refractivity (Wildman–Crippen MR) is 68.7 cm³/mol. The summed E-state index contributed by atoms with van der Waals surface area (Å²) in [5, 5.41) is 37.4. The Hall–Kier alpha value is 0.210. The van der Waals surface area contributed by atoms with Crippen LogP contribution in [0.3, 0.4) is 0 Å². The maximum Gasteiger partial charge on any atom is 0.490 e. The number of hydrogen-bond acceptors (Lipinski definition) is 11. The molecule has 24 heavy (non-hydrogen) atoms. The quantitative estimate of drug-likeness (QED) is 0.193. The smallest absolute Gasteiger partial charge is 0.394 e. The average Bonchev–Trinajstić information content (AvgIpc) is 2.34. The Morgan fingerprint density at radius 1 is 0.833 bits per heavy atom. The van der Waals surface area contributed by atoms with Crippen molar-refractivity contribution in [2.75, 3.05) is 6.61 Å². The molecule has 0 bridgehead atoms. The van der Waals surface area contributed by atoms with Crippen LogP contribution in [0.1, 0.15) is 0 Å². The Balaban J connectivity index is 2.84. The molecular weight excluding hydrogens is 405 g/mol. The van der Waals surface area contributed by atoms with Gasteiger partial charge in [0.15, 0.2) is 6.29 Å². The van der Waals surface area contributed by atoms with E-state index in [2.05, 4.69) is 17.9 Å². The molecule has 0 spiro atoms. The van der Waals surface area contributed by atoms with Crippen LogP contribution in [0.5, 0.6) is 0 Å². The Morgan fingerprint density at radius 3 is 1.83 bits per heavy atom. The Kier molecular flexibility index (Phi) is 7.27. The first-order valence-corrected chi connectivity index (χ1v) is 10.3. The number of aliphatic hydroxyl groups is 4. The molecule has 0 amide bonds. The van der Waals surface area contributed by atoms with E-state index in [0.29, 0.717) is 0 Å². The minimum Gasteiger partial charge on any atom is -0.394 e. The summed E-state index contributed by atoms with van der Waals surface area (Å²) in [7, 11) is -17.0. The van der Waals surface area contributed by atoms with Gasteiger partial charge in [-0.05, 0) is 0 Å². The van der Waals surface area contributed by atoms with Gasteiger partial charge in [0.2, 0.25) is 0 Å². The van der Waals surface area contributed by atoms with Crippen molar-refractivity contribution in [1.29, 1.82) is 0 Å². The third-order valence-electron chi connectivity index (χ3n) is 2.50. The van der Waals surface area contributed by atoms with Crippen molar-refractivity contribution >= 4 is 23.5 Å². The van der Waals surface area contributed by atoms with Crippen molar-refractivity contribution in [2.24, 2.45) is 0 Å². The second kappa shape index (κ2) is 7.84. The first-order valence-electron chi connectivity index (χ1n) is 5.80. The molecule has 8 N–H and O–H groups in total. The van der Waals surface area contributed by atoms with E-state index >= 15 is 0 Å². The first-order chi connectivity index (χ1) is 10.7. The summed E-state index contributed by atoms with van der Waals surface area (Å²) in [6.07, 6.45) is -9.70. The molecule has 0 aromatic heterocycles. The molecule has 1 aliphatic heterocycles. The molecule has 7 atom stereocenters. The molecule has 0 aromatic rings. The molecule has 1 heterocycles. The van der Waals surface area contributed by atoms with Gasteiger partial charge in [-0.25, -0.2) is 13.7 Å². The predicted octanol–water partition coefficient (Wildman–Crippen LogP) is -2.87. The molecule has 1 rings (SSSR count). The third kappa shape index (κ3) is 6.50. The molecule has 1 fully saturated rings. The molecule has 144 valence electrons. The van der Waals surface area contributed by atoms with E-state index in [1.807, 2.05) is 0 Å². The lowest BCUT2D eigenvalue weighted by Crippen LogP contribution is -2.58. The van der Waals surface area contributed by atoms with Crippen LogP contribution in [-0.4, -0.2) is 77.3 Å². The minimum atomic E-state index is -5.77. The maximum absolute atomic E-state index is 11.6. The second-order valence-corrected chi connectivity index (χ2v) is 8.77. The Morgan fingerprint density at radius 2 is 1.38 bits per heavy atom. The summed E-state index contributed by atoms with van der Waals surface area (Å²) in [6.45, 7) is -0.902. The highest BCUT2D eigenvalue weighted by Gasteiger charge is 2.49. The van der Waals surface area contributed by atoms with E-state index in [1.165, 1.54) is 0 Å². The zero-order valence-corrected chi connectivity index (χ0v) is 14.1. The zero-order valence-electron chi connectivity index (χ0n) is 11.4. The van der Waals surface area contributed by atoms with Crippen molar-refractivity contribution in [3.05, 3.63) is 0 Å². The molecule has 1 aliphatic rings. The number of aliphatic hydroxyl groups excluding tert-OH is 4. The Bertz CT molecular complexity index is 570. The van der Waals surface area contributed by atoms with Gasteiger partial charge in [0.1, 0.15) is 24.4 Å². The maximum atomic E-state index is 11.6. The summed E-state index contributed by atoms with van der Waals surface area (Å²) in [5.74, 6) is 0. The number of phosphoric ester groups is 1. The highest BCUT2D eigenvalue weighted by Crippen LogP contribution is 2.66. The number of hydrogen-bond donors (Lipinski definition) is 8. The molecule has 18 heteroatoms. The molecule has 2 unspecified atom stereocenters. The number of ether oxygens (including phenoxy) is 1. The normalized spacial score (nSPS) is 36.8. The van der Waals surface area contributed by atoms with Crippen molar-refractivity contribution in [1.82, 2.24) is 0 Å². The second-order valence-electron chi connectivity index (χ2n) is 4.39. The van der Waals surface area contributed by atoms with Crippen molar-refractivity contribution in [2.45, 2.75) is 30.7 Å². The SMILES string of the molecule is O=P(O)(O)OP(=O)(O)OP(=O)(O)O[C@@H]1O[C@H](CO)[C@H](O)[C@H](O)[C@H]1O. The van der Waals surface area contributed by atoms with Crippen LogP contribution in [0.15, 0.2) is 0 Å². The summed E-state index contributed by atoms with van der Waals surface area (Å²) < 4.78 is 48.8. The molecule has 15 nitrogen and oxygen atoms in total. The lowest BCUT2D eigenvalue weighted by molar-refractivity contribution is -0.280. The van der Waals surface area contributed by atoms with Crippen LogP contribution in [0.2, 0.25) is 0 Å². The van der Waals surface area contributed by atoms with Crippen LogP contribution >= 0.6 is 23.5 Å². The van der Waals surface area contributed by atoms with Crippen LogP contribution in [0.4, 0.5) is 0 Å². The molecule has 0 saturated carbocycles. The molecule has 1 saturated heterocycles. The van der Waals surface area contributed by atoms with Crippen LogP contribution in [0, 0.1) is 0 Å². The van der Waals surface area contributed by atoms with Gasteiger partial charge < -0.3 is 44.7 Å². The fraction of sp³-hybridized carbons (Fsp3) is 1.00. The molecule has 0 radical (unpaired) electrons. The standard InChI is InChI=1S/C6H15O15P3/c7-1-2-3(8)4(9)5(10)6(18-2)19-23(14,15)21-24(16,17)20-22(11,12)13/h2-10H,1H2,(H,14,15)(H,16,17)(H2,11,12,13)/t2-,3+,4+,5-,6+/m1/s1. The van der Waals surface area contributed by atoms with E-state index in [1.54, 1.807) is 0 Å². The molecule has 0 aliphatic carbocycles. The first kappa shape index (κ1) is 22.3. The van der Waals surface area contributed by atoms with E-state index in [-0.39, 0.29) is 0 Å². The monoisotopic (exact) mass is 420 g/mol. The Labute approximate surface area is 133 Å². The van der Waals surface area contributed by atoms with Crippen LogP contribution in [0.25, 0.3) is 0 Å². The fourth-order valence-corrected chi connectivity index (χ4v) is 4.68. The summed E-state index contributed by atoms with van der Waals surface area (Å²) in [5.41, 5.74) is 0. The van der Waals surface area contributed by atoms with Gasteiger partial charge in [0, 0.05) is 0 Å². The largest absolute Gasteiger partial charge is 0.490 e. The summed E-state index contributed by atoms with van der Waals surface area (Å²) in [6, 6.07) is 0. The van der Waals surface area contributed by atoms with Crippen molar-refractivity contribution in [3.63, 3.8) is 0 Å². The van der Waals surface area contributed by atoms with Gasteiger partial charge >= 0.3 is 23.5 Å². The van der Waals surface area contributed by atoms with E-state index in [9.17, 15) is 33.9 Å². The summed E-state index contributed by atoms with van der Waals surface area (Å²) >= 11 is 0. The van der Waals surface area contributed by atoms with Gasteiger partial charge in [0.05, 0.1) is 6.61 Å². The van der Waals surface area contributed by atoms with Crippen LogP contribution in [-0.2, 0) is 31.6 Å².